The predicted molar refractivity (Wildman–Crippen MR) is 54.1 cm³/mol. The Morgan fingerprint density at radius 1 is 1.31 bits per heavy atom. The average molecular weight is 199 g/mol. The van der Waals surface area contributed by atoms with Gasteiger partial charge >= 0.3 is 0 Å². The van der Waals surface area contributed by atoms with E-state index in [4.69, 9.17) is 9.16 Å². The van der Waals surface area contributed by atoms with Crippen molar-refractivity contribution >= 4 is 9.04 Å². The highest BCUT2D eigenvalue weighted by atomic mass is 28.3. The number of hydrogen-bond donors (Lipinski definition) is 0. The maximum atomic E-state index is 5.65. The summed E-state index contributed by atoms with van der Waals surface area (Å²) in [4.78, 5) is 0. The van der Waals surface area contributed by atoms with E-state index in [1.807, 2.05) is 0 Å². The van der Waals surface area contributed by atoms with Gasteiger partial charge in [-0.1, -0.05) is 0 Å². The van der Waals surface area contributed by atoms with Crippen LogP contribution in [0.1, 0.15) is 25.7 Å². The van der Waals surface area contributed by atoms with Gasteiger partial charge in [0, 0.05) is 6.61 Å². The molecule has 3 atom stereocenters. The largest absolute Gasteiger partial charge is 0.417 e. The number of epoxide rings is 1. The Morgan fingerprint density at radius 2 is 2.15 bits per heavy atom. The summed E-state index contributed by atoms with van der Waals surface area (Å²) in [5, 5.41) is 0. The van der Waals surface area contributed by atoms with Crippen molar-refractivity contribution in [2.45, 2.75) is 51.0 Å². The zero-order valence-electron chi connectivity index (χ0n) is 8.58. The monoisotopic (exact) mass is 199 g/mol. The normalized spacial score (nSPS) is 37.6. The predicted octanol–water partition coefficient (Wildman–Crippen LogP) is 2.21. The van der Waals surface area contributed by atoms with Gasteiger partial charge in [-0.05, 0) is 44.7 Å². The molecule has 2 rings (SSSR count). The zero-order valence-corrected chi connectivity index (χ0v) is 9.58. The topological polar surface area (TPSA) is 21.8 Å². The number of rotatable bonds is 4. The van der Waals surface area contributed by atoms with Crippen molar-refractivity contribution in [1.82, 2.24) is 0 Å². The van der Waals surface area contributed by atoms with Gasteiger partial charge in [0.25, 0.3) is 0 Å². The van der Waals surface area contributed by atoms with E-state index in [1.54, 1.807) is 0 Å². The first-order chi connectivity index (χ1) is 6.25. The van der Waals surface area contributed by atoms with Crippen LogP contribution in [-0.2, 0) is 9.16 Å². The molecule has 1 saturated carbocycles. The third-order valence-electron chi connectivity index (χ3n) is 3.03. The molecule has 3 unspecified atom stereocenters. The molecule has 0 aromatic carbocycles. The first-order valence-electron chi connectivity index (χ1n) is 5.34. The third kappa shape index (κ3) is 2.79. The maximum absolute atomic E-state index is 5.65. The Bertz CT molecular complexity index is 172. The summed E-state index contributed by atoms with van der Waals surface area (Å²) in [7, 11) is -0.469. The molecule has 1 radical (unpaired) electrons. The van der Waals surface area contributed by atoms with Crippen molar-refractivity contribution in [3.63, 3.8) is 0 Å². The van der Waals surface area contributed by atoms with Crippen molar-refractivity contribution < 1.29 is 9.16 Å². The molecular formula is C10H19O2Si. The van der Waals surface area contributed by atoms with Gasteiger partial charge in [-0.25, -0.2) is 0 Å². The fraction of sp³-hybridized carbons (Fsp3) is 1.00. The minimum Gasteiger partial charge on any atom is -0.417 e. The molecule has 2 nitrogen and oxygen atoms in total. The van der Waals surface area contributed by atoms with Crippen LogP contribution in [0.5, 0.6) is 0 Å². The lowest BCUT2D eigenvalue weighted by Gasteiger charge is -2.19. The van der Waals surface area contributed by atoms with Crippen LogP contribution in [-0.4, -0.2) is 27.9 Å². The lowest BCUT2D eigenvalue weighted by Crippen LogP contribution is -2.17. The van der Waals surface area contributed by atoms with Gasteiger partial charge in [0.2, 0.25) is 9.04 Å². The van der Waals surface area contributed by atoms with Crippen molar-refractivity contribution in [2.75, 3.05) is 6.61 Å². The van der Waals surface area contributed by atoms with Crippen LogP contribution in [0.25, 0.3) is 0 Å². The SMILES string of the molecule is C[Si](C)OCCC1CCC2OC2C1. The van der Waals surface area contributed by atoms with Crippen LogP contribution in [0, 0.1) is 5.92 Å². The molecule has 0 spiro atoms. The average Bonchev–Trinajstić information content (AvgIpc) is 2.81. The molecule has 13 heavy (non-hydrogen) atoms. The molecule has 0 aromatic heterocycles. The van der Waals surface area contributed by atoms with Crippen LogP contribution in [0.3, 0.4) is 0 Å². The lowest BCUT2D eigenvalue weighted by molar-refractivity contribution is 0.257. The van der Waals surface area contributed by atoms with Crippen LogP contribution >= 0.6 is 0 Å². The molecule has 0 bridgehead atoms. The standard InChI is InChI=1S/C10H19O2Si/c1-13(2)11-6-5-8-3-4-9-10(7-8)12-9/h8-10H,3-7H2,1-2H3. The van der Waals surface area contributed by atoms with Gasteiger partial charge in [0.05, 0.1) is 12.2 Å². The van der Waals surface area contributed by atoms with Crippen molar-refractivity contribution in [3.05, 3.63) is 0 Å². The van der Waals surface area contributed by atoms with E-state index >= 15 is 0 Å². The Kier molecular flexibility index (Phi) is 3.06. The van der Waals surface area contributed by atoms with Gasteiger partial charge in [0.1, 0.15) is 0 Å². The van der Waals surface area contributed by atoms with E-state index in [0.717, 1.165) is 12.5 Å². The van der Waals surface area contributed by atoms with Crippen molar-refractivity contribution in [1.29, 1.82) is 0 Å². The number of fused-ring (bicyclic) bond motifs is 1. The van der Waals surface area contributed by atoms with E-state index in [1.165, 1.54) is 25.7 Å². The fourth-order valence-electron chi connectivity index (χ4n) is 2.18. The van der Waals surface area contributed by atoms with Crippen LogP contribution in [0.2, 0.25) is 13.1 Å². The summed E-state index contributed by atoms with van der Waals surface area (Å²) in [6.45, 7) is 5.38. The second-order valence-electron chi connectivity index (χ2n) is 4.44. The zero-order chi connectivity index (χ0) is 9.26. The highest BCUT2D eigenvalue weighted by Gasteiger charge is 2.43. The van der Waals surface area contributed by atoms with E-state index in [-0.39, 0.29) is 0 Å². The molecule has 3 heteroatoms. The van der Waals surface area contributed by atoms with Gasteiger partial charge < -0.3 is 9.16 Å². The second-order valence-corrected chi connectivity index (χ2v) is 6.54. The smallest absolute Gasteiger partial charge is 0.204 e. The summed E-state index contributed by atoms with van der Waals surface area (Å²) < 4.78 is 11.2. The molecule has 0 N–H and O–H groups in total. The highest BCUT2D eigenvalue weighted by Crippen LogP contribution is 2.40. The third-order valence-corrected chi connectivity index (χ3v) is 3.81. The summed E-state index contributed by atoms with van der Waals surface area (Å²) in [6, 6.07) is 0. The Labute approximate surface area is 82.3 Å². The maximum Gasteiger partial charge on any atom is 0.204 e. The molecule has 75 valence electrons. The molecule has 1 heterocycles. The minimum atomic E-state index is -0.469. The molecule has 2 fully saturated rings. The first-order valence-corrected chi connectivity index (χ1v) is 7.75. The van der Waals surface area contributed by atoms with E-state index in [2.05, 4.69) is 13.1 Å². The lowest BCUT2D eigenvalue weighted by atomic mass is 9.87. The molecule has 2 aliphatic rings. The molecule has 1 aliphatic heterocycles. The Balaban J connectivity index is 1.59. The molecule has 1 aliphatic carbocycles. The van der Waals surface area contributed by atoms with Crippen LogP contribution in [0.4, 0.5) is 0 Å². The van der Waals surface area contributed by atoms with Gasteiger partial charge in [0.15, 0.2) is 0 Å². The molecular weight excluding hydrogens is 180 g/mol. The summed E-state index contributed by atoms with van der Waals surface area (Å²) in [5.41, 5.74) is 0. The molecule has 1 saturated heterocycles. The van der Waals surface area contributed by atoms with Crippen molar-refractivity contribution in [3.8, 4) is 0 Å². The molecule has 0 aromatic rings. The van der Waals surface area contributed by atoms with Gasteiger partial charge in [-0.3, -0.25) is 0 Å². The van der Waals surface area contributed by atoms with E-state index < -0.39 is 9.04 Å². The number of hydrogen-bond acceptors (Lipinski definition) is 2. The van der Waals surface area contributed by atoms with Gasteiger partial charge in [-0.15, -0.1) is 0 Å². The Morgan fingerprint density at radius 3 is 2.85 bits per heavy atom. The minimum absolute atomic E-state index is 0.469. The van der Waals surface area contributed by atoms with Crippen LogP contribution < -0.4 is 0 Å². The van der Waals surface area contributed by atoms with Crippen molar-refractivity contribution in [2.24, 2.45) is 5.92 Å². The van der Waals surface area contributed by atoms with E-state index in [9.17, 15) is 0 Å². The van der Waals surface area contributed by atoms with E-state index in [0.29, 0.717) is 12.2 Å². The summed E-state index contributed by atoms with van der Waals surface area (Å²) in [5.74, 6) is 0.880. The quantitative estimate of drug-likeness (QED) is 0.511. The fourth-order valence-corrected chi connectivity index (χ4v) is 2.70. The number of ether oxygens (including phenoxy) is 1. The Hall–Kier alpha value is 0.137. The van der Waals surface area contributed by atoms with Gasteiger partial charge in [-0.2, -0.15) is 0 Å². The summed E-state index contributed by atoms with van der Waals surface area (Å²) in [6.07, 6.45) is 6.48. The summed E-state index contributed by atoms with van der Waals surface area (Å²) >= 11 is 0. The second kappa shape index (κ2) is 4.11. The highest BCUT2D eigenvalue weighted by molar-refractivity contribution is 6.48. The van der Waals surface area contributed by atoms with Crippen LogP contribution in [0.15, 0.2) is 0 Å². The molecule has 0 amide bonds. The first kappa shape index (κ1) is 9.68.